The van der Waals surface area contributed by atoms with Crippen LogP contribution in [0, 0.1) is 0 Å². The molecule has 0 unspecified atom stereocenters. The molecular formula is C10H10Cl4. The molecule has 0 aromatic heterocycles. The van der Waals surface area contributed by atoms with Gasteiger partial charge in [0.15, 0.2) is 3.79 Å². The molecule has 14 heavy (non-hydrogen) atoms. The van der Waals surface area contributed by atoms with Crippen molar-refractivity contribution in [2.45, 2.75) is 22.5 Å². The van der Waals surface area contributed by atoms with Crippen molar-refractivity contribution in [1.82, 2.24) is 0 Å². The summed E-state index contributed by atoms with van der Waals surface area (Å²) in [4.78, 5) is 0. The summed E-state index contributed by atoms with van der Waals surface area (Å²) in [6.45, 7) is 0. The summed E-state index contributed by atoms with van der Waals surface area (Å²) in [6, 6.07) is 7.99. The molecule has 0 aliphatic rings. The van der Waals surface area contributed by atoms with Gasteiger partial charge in [-0.1, -0.05) is 59.1 Å². The maximum Gasteiger partial charge on any atom is 0.190 e. The summed E-state index contributed by atoms with van der Waals surface area (Å²) >= 11 is 22.6. The van der Waals surface area contributed by atoms with Crippen LogP contribution in [0.5, 0.6) is 0 Å². The van der Waals surface area contributed by atoms with Gasteiger partial charge in [0.1, 0.15) is 0 Å². The Morgan fingerprint density at radius 3 is 1.86 bits per heavy atom. The fraction of sp³-hybridized carbons (Fsp3) is 0.400. The Morgan fingerprint density at radius 2 is 1.43 bits per heavy atom. The van der Waals surface area contributed by atoms with Gasteiger partial charge >= 0.3 is 0 Å². The molecule has 0 saturated carbocycles. The van der Waals surface area contributed by atoms with Crippen molar-refractivity contribution >= 4 is 46.4 Å². The van der Waals surface area contributed by atoms with Gasteiger partial charge in [-0.25, -0.2) is 0 Å². The Hall–Kier alpha value is 0.380. The standard InChI is InChI=1S/C10H10Cl4/c11-7-9-3-1-8(2-4-9)5-6-10(12,13)14/h1-4H,5-7H2. The minimum Gasteiger partial charge on any atom is -0.122 e. The topological polar surface area (TPSA) is 0 Å². The summed E-state index contributed by atoms with van der Waals surface area (Å²) in [6.07, 6.45) is 1.29. The summed E-state index contributed by atoms with van der Waals surface area (Å²) in [5.74, 6) is 0.532. The first-order chi connectivity index (χ1) is 6.51. The van der Waals surface area contributed by atoms with Crippen molar-refractivity contribution in [2.24, 2.45) is 0 Å². The fourth-order valence-corrected chi connectivity index (χ4v) is 1.54. The van der Waals surface area contributed by atoms with E-state index in [1.807, 2.05) is 24.3 Å². The highest BCUT2D eigenvalue weighted by Gasteiger charge is 2.18. The zero-order chi connectivity index (χ0) is 10.6. The summed E-state index contributed by atoms with van der Waals surface area (Å²) in [5.41, 5.74) is 2.26. The highest BCUT2D eigenvalue weighted by atomic mass is 35.6. The van der Waals surface area contributed by atoms with E-state index < -0.39 is 3.79 Å². The van der Waals surface area contributed by atoms with E-state index in [0.717, 1.165) is 17.5 Å². The third-order valence-corrected chi connectivity index (χ3v) is 2.75. The molecule has 0 aliphatic carbocycles. The molecule has 0 radical (unpaired) electrons. The second kappa shape index (κ2) is 5.46. The second-order valence-corrected chi connectivity index (χ2v) is 5.85. The smallest absolute Gasteiger partial charge is 0.122 e. The lowest BCUT2D eigenvalue weighted by atomic mass is 10.1. The SMILES string of the molecule is ClCc1ccc(CCC(Cl)(Cl)Cl)cc1. The monoisotopic (exact) mass is 270 g/mol. The maximum atomic E-state index is 5.67. The molecule has 4 heteroatoms. The number of benzene rings is 1. The lowest BCUT2D eigenvalue weighted by Crippen LogP contribution is -2.03. The van der Waals surface area contributed by atoms with Crippen LogP contribution in [0.15, 0.2) is 24.3 Å². The van der Waals surface area contributed by atoms with E-state index in [1.165, 1.54) is 0 Å². The van der Waals surface area contributed by atoms with Gasteiger partial charge in [-0.05, 0) is 24.0 Å². The van der Waals surface area contributed by atoms with Crippen LogP contribution in [-0.4, -0.2) is 3.79 Å². The number of halogens is 4. The minimum atomic E-state index is -1.16. The molecule has 1 aromatic carbocycles. The van der Waals surface area contributed by atoms with Crippen molar-refractivity contribution in [1.29, 1.82) is 0 Å². The Kier molecular flexibility index (Phi) is 4.86. The largest absolute Gasteiger partial charge is 0.190 e. The lowest BCUT2D eigenvalue weighted by Gasteiger charge is -2.10. The van der Waals surface area contributed by atoms with Gasteiger partial charge in [-0.15, -0.1) is 11.6 Å². The first-order valence-electron chi connectivity index (χ1n) is 4.22. The normalized spacial score (nSPS) is 11.7. The van der Waals surface area contributed by atoms with Gasteiger partial charge in [-0.2, -0.15) is 0 Å². The molecule has 0 N–H and O–H groups in total. The van der Waals surface area contributed by atoms with Gasteiger partial charge in [0, 0.05) is 5.88 Å². The molecule has 0 spiro atoms. The van der Waals surface area contributed by atoms with Crippen molar-refractivity contribution in [3.63, 3.8) is 0 Å². The van der Waals surface area contributed by atoms with E-state index in [9.17, 15) is 0 Å². The molecule has 0 bridgehead atoms. The Bertz CT molecular complexity index is 273. The van der Waals surface area contributed by atoms with Gasteiger partial charge in [0.05, 0.1) is 0 Å². The zero-order valence-corrected chi connectivity index (χ0v) is 10.5. The van der Waals surface area contributed by atoms with Crippen molar-refractivity contribution < 1.29 is 0 Å². The molecule has 78 valence electrons. The molecule has 0 fully saturated rings. The molecule has 0 heterocycles. The van der Waals surface area contributed by atoms with Crippen LogP contribution in [0.1, 0.15) is 17.5 Å². The number of alkyl halides is 4. The molecular weight excluding hydrogens is 262 g/mol. The maximum absolute atomic E-state index is 5.67. The van der Waals surface area contributed by atoms with Crippen LogP contribution in [0.2, 0.25) is 0 Å². The Morgan fingerprint density at radius 1 is 0.929 bits per heavy atom. The van der Waals surface area contributed by atoms with Crippen molar-refractivity contribution in [3.8, 4) is 0 Å². The number of hydrogen-bond donors (Lipinski definition) is 0. The first-order valence-corrected chi connectivity index (χ1v) is 5.88. The molecule has 0 atom stereocenters. The summed E-state index contributed by atoms with van der Waals surface area (Å²) in [5, 5.41) is 0. The zero-order valence-electron chi connectivity index (χ0n) is 7.44. The third-order valence-electron chi connectivity index (χ3n) is 1.87. The van der Waals surface area contributed by atoms with E-state index in [0.29, 0.717) is 12.3 Å². The van der Waals surface area contributed by atoms with E-state index in [2.05, 4.69) is 0 Å². The van der Waals surface area contributed by atoms with Crippen LogP contribution in [-0.2, 0) is 12.3 Å². The Labute approximate surface area is 104 Å². The van der Waals surface area contributed by atoms with E-state index in [4.69, 9.17) is 46.4 Å². The highest BCUT2D eigenvalue weighted by Crippen LogP contribution is 2.31. The van der Waals surface area contributed by atoms with Crippen molar-refractivity contribution in [3.05, 3.63) is 35.4 Å². The molecule has 0 nitrogen and oxygen atoms in total. The molecule has 0 saturated heterocycles. The number of hydrogen-bond acceptors (Lipinski definition) is 0. The van der Waals surface area contributed by atoms with Gasteiger partial charge in [0.25, 0.3) is 0 Å². The van der Waals surface area contributed by atoms with Gasteiger partial charge < -0.3 is 0 Å². The van der Waals surface area contributed by atoms with Crippen molar-refractivity contribution in [2.75, 3.05) is 0 Å². The van der Waals surface area contributed by atoms with Gasteiger partial charge in [0.2, 0.25) is 0 Å². The minimum absolute atomic E-state index is 0.526. The van der Waals surface area contributed by atoms with Crippen LogP contribution in [0.4, 0.5) is 0 Å². The molecule has 1 rings (SSSR count). The van der Waals surface area contributed by atoms with E-state index in [1.54, 1.807) is 0 Å². The highest BCUT2D eigenvalue weighted by molar-refractivity contribution is 6.67. The average Bonchev–Trinajstić information content (AvgIpc) is 2.14. The molecule has 0 aliphatic heterocycles. The second-order valence-electron chi connectivity index (χ2n) is 3.07. The molecule has 1 aromatic rings. The Balaban J connectivity index is 2.52. The van der Waals surface area contributed by atoms with Crippen LogP contribution in [0.25, 0.3) is 0 Å². The predicted octanol–water partition coefficient (Wildman–Crippen LogP) is 4.73. The quantitative estimate of drug-likeness (QED) is 0.698. The number of aryl methyl sites for hydroxylation is 1. The van der Waals surface area contributed by atoms with Crippen LogP contribution < -0.4 is 0 Å². The predicted molar refractivity (Wildman–Crippen MR) is 64.6 cm³/mol. The molecule has 0 amide bonds. The van der Waals surface area contributed by atoms with Crippen LogP contribution >= 0.6 is 46.4 Å². The summed E-state index contributed by atoms with van der Waals surface area (Å²) in [7, 11) is 0. The lowest BCUT2D eigenvalue weighted by molar-refractivity contribution is 0.851. The fourth-order valence-electron chi connectivity index (χ4n) is 1.08. The third kappa shape index (κ3) is 4.75. The van der Waals surface area contributed by atoms with E-state index >= 15 is 0 Å². The first kappa shape index (κ1) is 12.4. The number of rotatable bonds is 3. The van der Waals surface area contributed by atoms with E-state index in [-0.39, 0.29) is 0 Å². The van der Waals surface area contributed by atoms with Gasteiger partial charge in [-0.3, -0.25) is 0 Å². The van der Waals surface area contributed by atoms with Crippen LogP contribution in [0.3, 0.4) is 0 Å². The average molecular weight is 272 g/mol. The summed E-state index contributed by atoms with van der Waals surface area (Å²) < 4.78 is -1.16.